The molecule has 0 atom stereocenters. The lowest BCUT2D eigenvalue weighted by Crippen LogP contribution is -2.44. The van der Waals surface area contributed by atoms with Crippen LogP contribution in [-0.2, 0) is 12.5 Å². The summed E-state index contributed by atoms with van der Waals surface area (Å²) in [6.07, 6.45) is 5.47. The summed E-state index contributed by atoms with van der Waals surface area (Å²) in [7, 11) is 2.06. The van der Waals surface area contributed by atoms with E-state index in [1.54, 1.807) is 30.3 Å². The Morgan fingerprint density at radius 2 is 1.87 bits per heavy atom. The average molecular weight is 411 g/mol. The van der Waals surface area contributed by atoms with E-state index in [9.17, 15) is 13.6 Å². The van der Waals surface area contributed by atoms with Crippen LogP contribution in [0.2, 0.25) is 0 Å². The highest BCUT2D eigenvalue weighted by molar-refractivity contribution is 6.04. The molecule has 2 aromatic carbocycles. The average Bonchev–Trinajstić information content (AvgIpc) is 2.70. The van der Waals surface area contributed by atoms with Crippen molar-refractivity contribution in [3.05, 3.63) is 64.2 Å². The maximum absolute atomic E-state index is 14.4. The fraction of sp³-hybridized carbons (Fsp3) is 0.375. The molecule has 0 spiro atoms. The Balaban J connectivity index is 1.81. The molecule has 0 aliphatic carbocycles. The van der Waals surface area contributed by atoms with Crippen molar-refractivity contribution in [2.75, 3.05) is 38.5 Å². The molecular weight excluding hydrogens is 384 g/mol. The molecule has 158 valence electrons. The predicted molar refractivity (Wildman–Crippen MR) is 116 cm³/mol. The molecule has 0 radical (unpaired) electrons. The normalized spacial score (nSPS) is 15.6. The second-order valence-electron chi connectivity index (χ2n) is 7.97. The lowest BCUT2D eigenvalue weighted by molar-refractivity contribution is 0.0155. The van der Waals surface area contributed by atoms with Gasteiger partial charge in [-0.1, -0.05) is 18.1 Å². The summed E-state index contributed by atoms with van der Waals surface area (Å²) in [4.78, 5) is 17.0. The van der Waals surface area contributed by atoms with Crippen LogP contribution < -0.4 is 5.32 Å². The molecule has 6 heteroatoms. The molecule has 0 saturated carbocycles. The molecule has 0 unspecified atom stereocenters. The fourth-order valence-electron chi connectivity index (χ4n) is 3.57. The number of hydrogen-bond acceptors (Lipinski definition) is 3. The third kappa shape index (κ3) is 5.24. The molecule has 0 bridgehead atoms. The fourth-order valence-corrected chi connectivity index (χ4v) is 3.57. The van der Waals surface area contributed by atoms with Crippen molar-refractivity contribution in [2.24, 2.45) is 0 Å². The molecule has 1 heterocycles. The Labute approximate surface area is 176 Å². The number of halogens is 2. The number of hydrogen-bond donors (Lipinski definition) is 1. The molecular formula is C24H27F2N3O. The maximum atomic E-state index is 14.4. The molecule has 4 nitrogen and oxygen atoms in total. The number of likely N-dealkylation sites (N-methyl/N-ethyl adjacent to an activating group) is 1. The third-order valence-corrected chi connectivity index (χ3v) is 5.49. The van der Waals surface area contributed by atoms with Gasteiger partial charge in [0.1, 0.15) is 0 Å². The van der Waals surface area contributed by atoms with Gasteiger partial charge in [-0.2, -0.15) is 0 Å². The van der Waals surface area contributed by atoms with Crippen LogP contribution in [0.5, 0.6) is 0 Å². The standard InChI is InChI=1S/C24H27F2N3O/c1-5-18-14-19(7-6-17(18)2)23(30)27-21-9-8-20(22(15-21)24(3,25)26)16-29-12-10-28(4)11-13-29/h1,6-9,14-15H,10-13,16H2,2-4H3,(H,27,30). The highest BCUT2D eigenvalue weighted by Gasteiger charge is 2.29. The van der Waals surface area contributed by atoms with E-state index in [0.29, 0.717) is 28.9 Å². The van der Waals surface area contributed by atoms with E-state index in [4.69, 9.17) is 6.42 Å². The van der Waals surface area contributed by atoms with Crippen molar-refractivity contribution in [3.63, 3.8) is 0 Å². The van der Waals surface area contributed by atoms with Gasteiger partial charge in [-0.3, -0.25) is 9.69 Å². The molecule has 1 N–H and O–H groups in total. The van der Waals surface area contributed by atoms with E-state index in [2.05, 4.69) is 28.1 Å². The summed E-state index contributed by atoms with van der Waals surface area (Å²) in [5.74, 6) is -0.851. The highest BCUT2D eigenvalue weighted by Crippen LogP contribution is 2.33. The zero-order chi connectivity index (χ0) is 21.9. The van der Waals surface area contributed by atoms with Gasteiger partial charge in [0.25, 0.3) is 11.8 Å². The van der Waals surface area contributed by atoms with Gasteiger partial charge in [0.05, 0.1) is 0 Å². The molecule has 1 aliphatic heterocycles. The Morgan fingerprint density at radius 3 is 2.50 bits per heavy atom. The summed E-state index contributed by atoms with van der Waals surface area (Å²) < 4.78 is 28.7. The molecule has 2 aromatic rings. The van der Waals surface area contributed by atoms with E-state index in [-0.39, 0.29) is 11.5 Å². The topological polar surface area (TPSA) is 35.6 Å². The number of aryl methyl sites for hydroxylation is 1. The molecule has 0 aromatic heterocycles. The van der Waals surface area contributed by atoms with Crippen LogP contribution in [0.15, 0.2) is 36.4 Å². The first-order valence-corrected chi connectivity index (χ1v) is 9.98. The molecule has 3 rings (SSSR count). The van der Waals surface area contributed by atoms with Gasteiger partial charge in [0.15, 0.2) is 0 Å². The van der Waals surface area contributed by atoms with Crippen LogP contribution in [0.25, 0.3) is 0 Å². The number of alkyl halides is 2. The first kappa shape index (κ1) is 21.9. The van der Waals surface area contributed by atoms with Gasteiger partial charge in [-0.05, 0) is 49.4 Å². The van der Waals surface area contributed by atoms with Crippen LogP contribution >= 0.6 is 0 Å². The van der Waals surface area contributed by atoms with Gasteiger partial charge >= 0.3 is 0 Å². The van der Waals surface area contributed by atoms with Crippen LogP contribution in [0.1, 0.15) is 39.5 Å². The summed E-state index contributed by atoms with van der Waals surface area (Å²) in [5.41, 5.74) is 2.77. The zero-order valence-corrected chi connectivity index (χ0v) is 17.6. The minimum atomic E-state index is -3.01. The van der Waals surface area contributed by atoms with Gasteiger partial charge in [-0.15, -0.1) is 6.42 Å². The maximum Gasteiger partial charge on any atom is 0.270 e. The summed E-state index contributed by atoms with van der Waals surface area (Å²) in [6.45, 7) is 6.74. The second kappa shape index (κ2) is 8.95. The van der Waals surface area contributed by atoms with Crippen molar-refractivity contribution >= 4 is 11.6 Å². The van der Waals surface area contributed by atoms with E-state index in [1.165, 1.54) is 6.07 Å². The minimum Gasteiger partial charge on any atom is -0.322 e. The number of nitrogens with one attached hydrogen (secondary N) is 1. The lowest BCUT2D eigenvalue weighted by Gasteiger charge is -2.33. The van der Waals surface area contributed by atoms with Crippen LogP contribution in [0.3, 0.4) is 0 Å². The molecule has 1 amide bonds. The van der Waals surface area contributed by atoms with Crippen LogP contribution in [0.4, 0.5) is 14.5 Å². The minimum absolute atomic E-state index is 0.0625. The number of terminal acetylenes is 1. The van der Waals surface area contributed by atoms with Crippen molar-refractivity contribution in [1.82, 2.24) is 9.80 Å². The van der Waals surface area contributed by atoms with E-state index < -0.39 is 5.92 Å². The third-order valence-electron chi connectivity index (χ3n) is 5.49. The van der Waals surface area contributed by atoms with Gasteiger partial charge in [-0.25, -0.2) is 8.78 Å². The summed E-state index contributed by atoms with van der Waals surface area (Å²) in [5, 5.41) is 2.72. The first-order chi connectivity index (χ1) is 14.2. The molecule has 30 heavy (non-hydrogen) atoms. The van der Waals surface area contributed by atoms with E-state index in [0.717, 1.165) is 38.7 Å². The smallest absolute Gasteiger partial charge is 0.270 e. The van der Waals surface area contributed by atoms with Crippen molar-refractivity contribution < 1.29 is 13.6 Å². The number of amides is 1. The Hall–Kier alpha value is -2.75. The predicted octanol–water partition coefficient (Wildman–Crippen LogP) is 4.09. The van der Waals surface area contributed by atoms with Crippen LogP contribution in [0, 0.1) is 19.3 Å². The highest BCUT2D eigenvalue weighted by atomic mass is 19.3. The number of carbonyl (C=O) groups excluding carboxylic acids is 1. The second-order valence-corrected chi connectivity index (χ2v) is 7.97. The quantitative estimate of drug-likeness (QED) is 0.753. The van der Waals surface area contributed by atoms with Gasteiger partial charge < -0.3 is 10.2 Å². The molecule has 1 aliphatic rings. The first-order valence-electron chi connectivity index (χ1n) is 9.98. The molecule has 1 fully saturated rings. The van der Waals surface area contributed by atoms with Crippen molar-refractivity contribution in [2.45, 2.75) is 26.3 Å². The van der Waals surface area contributed by atoms with E-state index in [1.807, 2.05) is 6.92 Å². The van der Waals surface area contributed by atoms with Gasteiger partial charge in [0.2, 0.25) is 0 Å². The largest absolute Gasteiger partial charge is 0.322 e. The molecule has 1 saturated heterocycles. The van der Waals surface area contributed by atoms with Crippen LogP contribution in [-0.4, -0.2) is 48.9 Å². The Kier molecular flexibility index (Phi) is 6.55. The zero-order valence-electron chi connectivity index (χ0n) is 17.6. The summed E-state index contributed by atoms with van der Waals surface area (Å²) in [6, 6.07) is 9.80. The SMILES string of the molecule is C#Cc1cc(C(=O)Nc2ccc(CN3CCN(C)CC3)c(C(C)(F)F)c2)ccc1C. The summed E-state index contributed by atoms with van der Waals surface area (Å²) >= 11 is 0. The number of benzene rings is 2. The number of rotatable bonds is 5. The number of piperazine rings is 1. The monoisotopic (exact) mass is 411 g/mol. The number of carbonyl (C=O) groups is 1. The van der Waals surface area contributed by atoms with E-state index >= 15 is 0 Å². The number of nitrogens with zero attached hydrogens (tertiary/aromatic N) is 2. The van der Waals surface area contributed by atoms with Crippen molar-refractivity contribution in [3.8, 4) is 12.3 Å². The number of anilines is 1. The lowest BCUT2D eigenvalue weighted by atomic mass is 10.00. The van der Waals surface area contributed by atoms with Gasteiger partial charge in [0, 0.05) is 62.0 Å². The van der Waals surface area contributed by atoms with Crippen molar-refractivity contribution in [1.29, 1.82) is 0 Å². The Morgan fingerprint density at radius 1 is 1.17 bits per heavy atom. The Bertz CT molecular complexity index is 967.